The molecule has 0 aromatic rings. The summed E-state index contributed by atoms with van der Waals surface area (Å²) >= 11 is 0. The fraction of sp³-hybridized carbons (Fsp3) is 0.935. The van der Waals surface area contributed by atoms with Crippen molar-refractivity contribution < 1.29 is 28.6 Å². The molecule has 0 bridgehead atoms. The van der Waals surface area contributed by atoms with Gasteiger partial charge in [0, 0.05) is 19.3 Å². The summed E-state index contributed by atoms with van der Waals surface area (Å²) in [6.45, 7) is 6.71. The van der Waals surface area contributed by atoms with Crippen molar-refractivity contribution in [2.24, 2.45) is 0 Å². The van der Waals surface area contributed by atoms with Gasteiger partial charge in [0.1, 0.15) is 13.2 Å². The van der Waals surface area contributed by atoms with Crippen LogP contribution in [0.25, 0.3) is 0 Å². The van der Waals surface area contributed by atoms with Crippen LogP contribution < -0.4 is 0 Å². The zero-order valence-corrected chi connectivity index (χ0v) is 56.8. The smallest absolute Gasteiger partial charge is 0.306 e. The molecule has 1 atom stereocenters. The molecule has 0 amide bonds. The third-order valence-electron chi connectivity index (χ3n) is 17.8. The van der Waals surface area contributed by atoms with E-state index in [1.54, 1.807) is 0 Å². The molecule has 0 heterocycles. The number of unbranched alkanes of at least 4 members (excludes halogenated alkanes) is 59. The molecule has 6 heteroatoms. The van der Waals surface area contributed by atoms with Crippen LogP contribution in [-0.4, -0.2) is 37.2 Å². The van der Waals surface area contributed by atoms with Crippen molar-refractivity contribution in [2.45, 2.75) is 451 Å². The Morgan fingerprint density at radius 1 is 0.229 bits per heavy atom. The topological polar surface area (TPSA) is 78.9 Å². The molecule has 1 unspecified atom stereocenters. The molecule has 0 saturated heterocycles. The maximum atomic E-state index is 12.9. The molecule has 492 valence electrons. The third-order valence-corrected chi connectivity index (χ3v) is 17.8. The SMILES string of the molecule is CCCCCCCCCC/C=C\CCCCCCCCCCCCCCCCCC(=O)OC(COC(=O)CCCCCCCCCCC)COC(=O)CCCCCCCCCCCCCCCCCCCCCCCCCCCCCCC. The second-order valence-corrected chi connectivity index (χ2v) is 26.3. The van der Waals surface area contributed by atoms with Gasteiger partial charge in [0.2, 0.25) is 0 Å². The Balaban J connectivity index is 4.04. The molecular formula is C77H148O6. The lowest BCUT2D eigenvalue weighted by Gasteiger charge is -2.18. The van der Waals surface area contributed by atoms with Crippen molar-refractivity contribution in [3.8, 4) is 0 Å². The zero-order chi connectivity index (χ0) is 59.9. The van der Waals surface area contributed by atoms with Crippen molar-refractivity contribution in [3.63, 3.8) is 0 Å². The number of esters is 3. The highest BCUT2D eigenvalue weighted by molar-refractivity contribution is 5.71. The standard InChI is InChI=1S/C77H148O6/c1-4-7-10-13-16-19-21-23-25-27-29-31-33-35-37-38-40-41-43-45-47-49-51-53-55-58-61-64-67-70-76(79)82-73-74(72-81-75(78)69-66-63-60-57-18-15-12-9-6-3)83-77(80)71-68-65-62-59-56-54-52-50-48-46-44-42-39-36-34-32-30-28-26-24-22-20-17-14-11-8-5-2/h28,30,74H,4-27,29,31-73H2,1-3H3/b30-28-. The van der Waals surface area contributed by atoms with Gasteiger partial charge in [0.15, 0.2) is 6.10 Å². The van der Waals surface area contributed by atoms with Crippen molar-refractivity contribution in [1.82, 2.24) is 0 Å². The summed E-state index contributed by atoms with van der Waals surface area (Å²) in [6.07, 6.45) is 88.6. The molecule has 6 nitrogen and oxygen atoms in total. The van der Waals surface area contributed by atoms with Crippen LogP contribution >= 0.6 is 0 Å². The van der Waals surface area contributed by atoms with Crippen molar-refractivity contribution >= 4 is 17.9 Å². The largest absolute Gasteiger partial charge is 0.462 e. The highest BCUT2D eigenvalue weighted by atomic mass is 16.6. The van der Waals surface area contributed by atoms with Crippen molar-refractivity contribution in [2.75, 3.05) is 13.2 Å². The van der Waals surface area contributed by atoms with E-state index in [9.17, 15) is 14.4 Å². The number of hydrogen-bond acceptors (Lipinski definition) is 6. The Hall–Kier alpha value is -1.85. The lowest BCUT2D eigenvalue weighted by molar-refractivity contribution is -0.167. The van der Waals surface area contributed by atoms with E-state index in [1.807, 2.05) is 0 Å². The zero-order valence-electron chi connectivity index (χ0n) is 56.8. The van der Waals surface area contributed by atoms with Gasteiger partial charge in [-0.15, -0.1) is 0 Å². The summed E-state index contributed by atoms with van der Waals surface area (Å²) in [5, 5.41) is 0. The monoisotopic (exact) mass is 1170 g/mol. The van der Waals surface area contributed by atoms with Gasteiger partial charge in [-0.05, 0) is 44.9 Å². The van der Waals surface area contributed by atoms with Gasteiger partial charge in [0.25, 0.3) is 0 Å². The molecule has 0 N–H and O–H groups in total. The van der Waals surface area contributed by atoms with E-state index in [2.05, 4.69) is 32.9 Å². The van der Waals surface area contributed by atoms with Crippen LogP contribution in [-0.2, 0) is 28.6 Å². The van der Waals surface area contributed by atoms with E-state index >= 15 is 0 Å². The molecule has 0 radical (unpaired) electrons. The highest BCUT2D eigenvalue weighted by Crippen LogP contribution is 2.20. The van der Waals surface area contributed by atoms with Crippen molar-refractivity contribution in [3.05, 3.63) is 12.2 Å². The van der Waals surface area contributed by atoms with Gasteiger partial charge in [-0.25, -0.2) is 0 Å². The second kappa shape index (κ2) is 72.6. The van der Waals surface area contributed by atoms with Crippen LogP contribution in [0.3, 0.4) is 0 Å². The molecule has 0 saturated carbocycles. The van der Waals surface area contributed by atoms with Gasteiger partial charge in [-0.2, -0.15) is 0 Å². The van der Waals surface area contributed by atoms with Gasteiger partial charge in [0.05, 0.1) is 0 Å². The summed E-state index contributed by atoms with van der Waals surface area (Å²) in [4.78, 5) is 38.4. The Bertz CT molecular complexity index is 1300. The summed E-state index contributed by atoms with van der Waals surface area (Å²) in [5.41, 5.74) is 0. The third kappa shape index (κ3) is 70.8. The second-order valence-electron chi connectivity index (χ2n) is 26.3. The van der Waals surface area contributed by atoms with Gasteiger partial charge in [-0.1, -0.05) is 392 Å². The Kier molecular flexibility index (Phi) is 71.0. The Morgan fingerprint density at radius 3 is 0.602 bits per heavy atom. The van der Waals surface area contributed by atoms with E-state index in [-0.39, 0.29) is 31.1 Å². The fourth-order valence-corrected chi connectivity index (χ4v) is 12.0. The Morgan fingerprint density at radius 2 is 0.398 bits per heavy atom. The molecule has 0 aliphatic rings. The lowest BCUT2D eigenvalue weighted by atomic mass is 10.0. The molecule has 0 aliphatic heterocycles. The maximum absolute atomic E-state index is 12.9. The van der Waals surface area contributed by atoms with E-state index in [1.165, 1.54) is 347 Å². The van der Waals surface area contributed by atoms with Crippen LogP contribution in [0.4, 0.5) is 0 Å². The summed E-state index contributed by atoms with van der Waals surface area (Å²) in [6, 6.07) is 0. The first-order valence-corrected chi connectivity index (χ1v) is 38.2. The average molecular weight is 1170 g/mol. The first kappa shape index (κ1) is 81.2. The number of carbonyl (C=O) groups is 3. The van der Waals surface area contributed by atoms with E-state index in [4.69, 9.17) is 14.2 Å². The van der Waals surface area contributed by atoms with Gasteiger partial charge < -0.3 is 14.2 Å². The van der Waals surface area contributed by atoms with Crippen LogP contribution in [0.15, 0.2) is 12.2 Å². The molecule has 0 rings (SSSR count). The maximum Gasteiger partial charge on any atom is 0.306 e. The Labute approximate surface area is 520 Å². The van der Waals surface area contributed by atoms with Gasteiger partial charge in [-0.3, -0.25) is 14.4 Å². The first-order chi connectivity index (χ1) is 41.0. The highest BCUT2D eigenvalue weighted by Gasteiger charge is 2.20. The average Bonchev–Trinajstić information content (AvgIpc) is 3.49. The predicted octanol–water partition coefficient (Wildman–Crippen LogP) is 26.3. The lowest BCUT2D eigenvalue weighted by Crippen LogP contribution is -2.30. The fourth-order valence-electron chi connectivity index (χ4n) is 12.0. The first-order valence-electron chi connectivity index (χ1n) is 38.2. The van der Waals surface area contributed by atoms with E-state index in [0.29, 0.717) is 19.3 Å². The molecule has 0 spiro atoms. The summed E-state index contributed by atoms with van der Waals surface area (Å²) in [5.74, 6) is -0.829. The van der Waals surface area contributed by atoms with Crippen LogP contribution in [0.1, 0.15) is 445 Å². The quantitative estimate of drug-likeness (QED) is 0.0261. The van der Waals surface area contributed by atoms with E-state index < -0.39 is 6.10 Å². The number of allylic oxidation sites excluding steroid dienone is 2. The van der Waals surface area contributed by atoms with Crippen LogP contribution in [0.2, 0.25) is 0 Å². The van der Waals surface area contributed by atoms with Gasteiger partial charge >= 0.3 is 17.9 Å². The molecular weight excluding hydrogens is 1020 g/mol. The van der Waals surface area contributed by atoms with Crippen LogP contribution in [0.5, 0.6) is 0 Å². The minimum absolute atomic E-state index is 0.0625. The minimum Gasteiger partial charge on any atom is -0.462 e. The number of ether oxygens (including phenoxy) is 3. The van der Waals surface area contributed by atoms with E-state index in [0.717, 1.165) is 57.8 Å². The summed E-state index contributed by atoms with van der Waals surface area (Å²) < 4.78 is 17.0. The molecule has 0 aliphatic carbocycles. The van der Waals surface area contributed by atoms with Crippen LogP contribution in [0, 0.1) is 0 Å². The predicted molar refractivity (Wildman–Crippen MR) is 363 cm³/mol. The number of hydrogen-bond donors (Lipinski definition) is 0. The molecule has 0 fully saturated rings. The minimum atomic E-state index is -0.765. The molecule has 0 aromatic carbocycles. The number of rotatable bonds is 72. The summed E-state index contributed by atoms with van der Waals surface area (Å²) in [7, 11) is 0. The molecule has 0 aromatic heterocycles. The normalized spacial score (nSPS) is 12.0. The number of carbonyl (C=O) groups excluding carboxylic acids is 3. The molecule has 83 heavy (non-hydrogen) atoms. The van der Waals surface area contributed by atoms with Crippen molar-refractivity contribution in [1.29, 1.82) is 0 Å².